The Morgan fingerprint density at radius 3 is 2.61 bits per heavy atom. The molecule has 1 aliphatic rings. The Balaban J connectivity index is 1.71. The number of nitrogens with zero attached hydrogens (tertiary/aromatic N) is 5. The van der Waals surface area contributed by atoms with Gasteiger partial charge in [0.15, 0.2) is 4.80 Å². The smallest absolute Gasteiger partial charge is 0.271 e. The van der Waals surface area contributed by atoms with Crippen molar-refractivity contribution in [1.29, 1.82) is 0 Å². The summed E-state index contributed by atoms with van der Waals surface area (Å²) in [5.41, 5.74) is 2.60. The number of carbonyl (C=O) groups is 1. The van der Waals surface area contributed by atoms with Crippen molar-refractivity contribution in [3.05, 3.63) is 119 Å². The number of nitro groups is 1. The normalized spacial score (nSPS) is 14.9. The molecular weight excluding hydrogens is 542 g/mol. The maximum absolute atomic E-state index is 14.1. The molecule has 0 spiro atoms. The number of likely N-dealkylation sites (N-methyl/N-ethyl adjacent to an activating group) is 1. The summed E-state index contributed by atoms with van der Waals surface area (Å²) in [7, 11) is 1.56. The molecule has 1 amide bonds. The summed E-state index contributed by atoms with van der Waals surface area (Å²) in [4.78, 5) is 45.7. The van der Waals surface area contributed by atoms with Crippen LogP contribution in [0, 0.1) is 10.1 Å². The topological polar surface area (TPSA) is 112 Å². The van der Waals surface area contributed by atoms with Gasteiger partial charge in [-0.25, -0.2) is 4.99 Å². The molecule has 10 nitrogen and oxygen atoms in total. The van der Waals surface area contributed by atoms with Crippen molar-refractivity contribution in [2.45, 2.75) is 26.8 Å². The van der Waals surface area contributed by atoms with Crippen LogP contribution in [0.1, 0.15) is 38.1 Å². The quantitative estimate of drug-likeness (QED) is 0.236. The summed E-state index contributed by atoms with van der Waals surface area (Å²) in [5.74, 6) is 0.382. The third kappa shape index (κ3) is 5.00. The van der Waals surface area contributed by atoms with E-state index in [-0.39, 0.29) is 17.2 Å². The van der Waals surface area contributed by atoms with Crippen LogP contribution in [0.25, 0.3) is 11.8 Å². The number of hydrogen-bond acceptors (Lipinski definition) is 7. The number of ether oxygens (including phenoxy) is 1. The molecule has 0 unspecified atom stereocenters. The maximum atomic E-state index is 14.1. The Kier molecular flexibility index (Phi) is 7.71. The zero-order chi connectivity index (χ0) is 29.3. The second kappa shape index (κ2) is 11.4. The van der Waals surface area contributed by atoms with Crippen molar-refractivity contribution in [3.8, 4) is 11.4 Å². The second-order valence-electron chi connectivity index (χ2n) is 9.38. The summed E-state index contributed by atoms with van der Waals surface area (Å²) in [6.07, 6.45) is 3.53. The fourth-order valence-electron chi connectivity index (χ4n) is 5.10. The van der Waals surface area contributed by atoms with Gasteiger partial charge in [-0.15, -0.1) is 0 Å². The first kappa shape index (κ1) is 27.8. The number of nitro benzene ring substituents is 1. The number of para-hydroxylation sites is 1. The molecule has 5 rings (SSSR count). The minimum Gasteiger partial charge on any atom is -0.496 e. The van der Waals surface area contributed by atoms with Crippen molar-refractivity contribution >= 4 is 29.0 Å². The lowest BCUT2D eigenvalue weighted by Gasteiger charge is -2.29. The van der Waals surface area contributed by atoms with Crippen LogP contribution in [-0.4, -0.2) is 45.1 Å². The van der Waals surface area contributed by atoms with E-state index >= 15 is 0 Å². The highest BCUT2D eigenvalue weighted by Gasteiger charge is 2.35. The van der Waals surface area contributed by atoms with Crippen molar-refractivity contribution in [1.82, 2.24) is 14.0 Å². The van der Waals surface area contributed by atoms with Gasteiger partial charge in [-0.2, -0.15) is 0 Å². The maximum Gasteiger partial charge on any atom is 0.271 e. The second-order valence-corrected chi connectivity index (χ2v) is 10.4. The number of non-ortho nitro benzene ring substituents is 1. The number of amides is 1. The fraction of sp³-hybridized carbons (Fsp3) is 0.233. The number of benzene rings is 2. The first-order valence-corrected chi connectivity index (χ1v) is 14.0. The molecule has 0 saturated carbocycles. The van der Waals surface area contributed by atoms with Gasteiger partial charge in [-0.3, -0.25) is 24.3 Å². The Bertz CT molecular complexity index is 1860. The van der Waals surface area contributed by atoms with Gasteiger partial charge in [0.2, 0.25) is 0 Å². The molecule has 41 heavy (non-hydrogen) atoms. The molecule has 1 atom stereocenters. The lowest BCUT2D eigenvalue weighted by molar-refractivity contribution is -0.384. The van der Waals surface area contributed by atoms with Crippen molar-refractivity contribution < 1.29 is 14.5 Å². The molecule has 0 bridgehead atoms. The van der Waals surface area contributed by atoms with Crippen LogP contribution in [0.2, 0.25) is 0 Å². The van der Waals surface area contributed by atoms with E-state index in [9.17, 15) is 19.7 Å². The van der Waals surface area contributed by atoms with Crippen molar-refractivity contribution in [2.75, 3.05) is 20.2 Å². The summed E-state index contributed by atoms with van der Waals surface area (Å²) >= 11 is 1.23. The van der Waals surface area contributed by atoms with E-state index in [0.717, 1.165) is 0 Å². The van der Waals surface area contributed by atoms with Crippen LogP contribution < -0.4 is 19.6 Å². The predicted octanol–water partition coefficient (Wildman–Crippen LogP) is 3.81. The molecule has 4 aromatic rings. The number of thiazole rings is 1. The van der Waals surface area contributed by atoms with Crippen molar-refractivity contribution in [3.63, 3.8) is 0 Å². The standard InChI is InChI=1S/C30H29N5O5S/c1-5-32(6-2)29(37)26-19(3)31-30-34(27(26)23-14-7-8-15-24(23)40-4)28(36)25(41-30)18-21-13-10-16-33(21)20-11-9-12-22(17-20)35(38)39/h7-18,27H,5-6H2,1-4H3/b25-18+/t27-/m0/s1. The van der Waals surface area contributed by atoms with Gasteiger partial charge in [-0.1, -0.05) is 35.6 Å². The zero-order valence-corrected chi connectivity index (χ0v) is 23.9. The lowest BCUT2D eigenvalue weighted by Crippen LogP contribution is -2.43. The SMILES string of the molecule is CCN(CC)C(=O)C1=C(C)N=c2s/c(=C/c3cccn3-c3cccc([N+](=O)[O-])c3)c(=O)n2[C@H]1c1ccccc1OC. The molecule has 0 saturated heterocycles. The third-order valence-electron chi connectivity index (χ3n) is 7.11. The van der Waals surface area contributed by atoms with Gasteiger partial charge in [0, 0.05) is 42.7 Å². The number of hydrogen-bond donors (Lipinski definition) is 0. The third-order valence-corrected chi connectivity index (χ3v) is 8.10. The number of carbonyl (C=O) groups excluding carboxylic acids is 1. The van der Waals surface area contributed by atoms with Crippen LogP contribution in [0.3, 0.4) is 0 Å². The van der Waals surface area contributed by atoms with Gasteiger partial charge in [0.25, 0.3) is 17.2 Å². The van der Waals surface area contributed by atoms with Gasteiger partial charge >= 0.3 is 0 Å². The zero-order valence-electron chi connectivity index (χ0n) is 23.1. The molecule has 3 heterocycles. The van der Waals surface area contributed by atoms with Crippen LogP contribution in [0.5, 0.6) is 5.75 Å². The summed E-state index contributed by atoms with van der Waals surface area (Å²) in [6, 6.07) is 16.6. The van der Waals surface area contributed by atoms with E-state index in [2.05, 4.69) is 0 Å². The van der Waals surface area contributed by atoms with Crippen LogP contribution >= 0.6 is 11.3 Å². The van der Waals surface area contributed by atoms with E-state index in [1.807, 2.05) is 50.2 Å². The van der Waals surface area contributed by atoms with Gasteiger partial charge < -0.3 is 14.2 Å². The monoisotopic (exact) mass is 571 g/mol. The summed E-state index contributed by atoms with van der Waals surface area (Å²) in [5, 5.41) is 11.3. The molecule has 1 aliphatic heterocycles. The predicted molar refractivity (Wildman–Crippen MR) is 157 cm³/mol. The Morgan fingerprint density at radius 2 is 1.90 bits per heavy atom. The molecule has 2 aromatic heterocycles. The van der Waals surface area contributed by atoms with E-state index in [1.54, 1.807) is 52.5 Å². The van der Waals surface area contributed by atoms with E-state index in [4.69, 9.17) is 9.73 Å². The molecule has 210 valence electrons. The fourth-order valence-corrected chi connectivity index (χ4v) is 6.13. The largest absolute Gasteiger partial charge is 0.496 e. The van der Waals surface area contributed by atoms with Gasteiger partial charge in [0.1, 0.15) is 11.8 Å². The molecular formula is C30H29N5O5S. The van der Waals surface area contributed by atoms with Crippen LogP contribution in [0.4, 0.5) is 5.69 Å². The summed E-state index contributed by atoms with van der Waals surface area (Å²) in [6.45, 7) is 6.67. The average Bonchev–Trinajstić information content (AvgIpc) is 3.56. The van der Waals surface area contributed by atoms with Crippen LogP contribution in [-0.2, 0) is 4.79 Å². The number of allylic oxidation sites excluding steroid dienone is 1. The molecule has 0 fully saturated rings. The van der Waals surface area contributed by atoms with Gasteiger partial charge in [-0.05, 0) is 51.1 Å². The number of rotatable bonds is 8. The minimum absolute atomic E-state index is 0.0285. The first-order valence-electron chi connectivity index (χ1n) is 13.2. The highest BCUT2D eigenvalue weighted by Crippen LogP contribution is 2.36. The van der Waals surface area contributed by atoms with E-state index < -0.39 is 11.0 Å². The average molecular weight is 572 g/mol. The van der Waals surface area contributed by atoms with Crippen molar-refractivity contribution in [2.24, 2.45) is 4.99 Å². The van der Waals surface area contributed by atoms with Gasteiger partial charge in [0.05, 0.1) is 33.5 Å². The molecule has 0 N–H and O–H groups in total. The minimum atomic E-state index is -0.735. The molecule has 0 aliphatic carbocycles. The number of fused-ring (bicyclic) bond motifs is 1. The number of methoxy groups -OCH3 is 1. The summed E-state index contributed by atoms with van der Waals surface area (Å²) < 4.78 is 9.43. The highest BCUT2D eigenvalue weighted by molar-refractivity contribution is 7.07. The molecule has 11 heteroatoms. The Morgan fingerprint density at radius 1 is 1.15 bits per heavy atom. The molecule has 0 radical (unpaired) electrons. The van der Waals surface area contributed by atoms with Crippen LogP contribution in [0.15, 0.2) is 87.9 Å². The van der Waals surface area contributed by atoms with E-state index in [0.29, 0.717) is 56.4 Å². The molecule has 2 aromatic carbocycles. The first-order chi connectivity index (χ1) is 19.8. The lowest BCUT2D eigenvalue weighted by atomic mass is 9.94. The highest BCUT2D eigenvalue weighted by atomic mass is 32.1. The van der Waals surface area contributed by atoms with E-state index in [1.165, 1.54) is 23.5 Å². The Hall–Kier alpha value is -4.77. The number of aromatic nitrogens is 2. The Labute approximate surface area is 239 Å².